The third kappa shape index (κ3) is 5.02. The summed E-state index contributed by atoms with van der Waals surface area (Å²) in [6.07, 6.45) is 0.748. The fourth-order valence-corrected chi connectivity index (χ4v) is 4.89. The summed E-state index contributed by atoms with van der Waals surface area (Å²) in [5.74, 6) is 6.02. The Balaban J connectivity index is 2.10. The fraction of sp³-hybridized carbons (Fsp3) is 0.179. The van der Waals surface area contributed by atoms with E-state index in [0.29, 0.717) is 22.6 Å². The monoisotopic (exact) mass is 423 g/mol. The van der Waals surface area contributed by atoms with Crippen molar-refractivity contribution in [2.75, 3.05) is 0 Å². The molecule has 0 radical (unpaired) electrons. The van der Waals surface area contributed by atoms with Crippen molar-refractivity contribution in [3.8, 4) is 17.9 Å². The molecule has 0 aromatic heterocycles. The van der Waals surface area contributed by atoms with E-state index in [1.165, 1.54) is 0 Å². The second-order valence-electron chi connectivity index (χ2n) is 7.52. The second-order valence-corrected chi connectivity index (χ2v) is 8.97. The molecule has 0 spiro atoms. The fourth-order valence-electron chi connectivity index (χ4n) is 3.58. The summed E-state index contributed by atoms with van der Waals surface area (Å²) in [4.78, 5) is 1.36. The summed E-state index contributed by atoms with van der Waals surface area (Å²) in [5.41, 5.74) is 2.75. The number of rotatable bonds is 7. The van der Waals surface area contributed by atoms with Gasteiger partial charge in [0, 0.05) is 16.2 Å². The summed E-state index contributed by atoms with van der Waals surface area (Å²) >= 11 is 0. The van der Waals surface area contributed by atoms with Gasteiger partial charge >= 0.3 is 0 Å². The standard InChI is InChI=1S/C28H25NOS/c1-4-5-19-28(21-29,20-23(3)24-11-7-6-8-12-24)26-13-9-10-14-27(26)31(30)25-17-15-22(2)16-18-25/h6-18H,3,19-20H2,1-2H3/t28-,31+/m1/s1. The zero-order valence-corrected chi connectivity index (χ0v) is 18.7. The molecule has 2 nitrogen and oxygen atoms in total. The van der Waals surface area contributed by atoms with Crippen molar-refractivity contribution < 1.29 is 4.21 Å². The van der Waals surface area contributed by atoms with Crippen molar-refractivity contribution in [1.29, 1.82) is 5.26 Å². The van der Waals surface area contributed by atoms with E-state index in [9.17, 15) is 9.47 Å². The highest BCUT2D eigenvalue weighted by Crippen LogP contribution is 2.40. The average Bonchev–Trinajstić information content (AvgIpc) is 2.82. The van der Waals surface area contributed by atoms with Gasteiger partial charge in [0.1, 0.15) is 0 Å². The number of hydrogen-bond donors (Lipinski definition) is 0. The third-order valence-corrected chi connectivity index (χ3v) is 6.77. The van der Waals surface area contributed by atoms with Crippen LogP contribution in [0.25, 0.3) is 5.57 Å². The molecular formula is C28H25NOS. The highest BCUT2D eigenvalue weighted by Gasteiger charge is 2.36. The Morgan fingerprint density at radius 2 is 1.65 bits per heavy atom. The van der Waals surface area contributed by atoms with Crippen molar-refractivity contribution in [3.05, 3.63) is 102 Å². The van der Waals surface area contributed by atoms with E-state index in [2.05, 4.69) is 24.5 Å². The Bertz CT molecular complexity index is 1190. The highest BCUT2D eigenvalue weighted by molar-refractivity contribution is 7.85. The Labute approximate surface area is 187 Å². The smallest absolute Gasteiger partial charge is 0.0982 e. The van der Waals surface area contributed by atoms with Crippen LogP contribution in [0.1, 0.15) is 36.5 Å². The van der Waals surface area contributed by atoms with E-state index in [1.807, 2.05) is 85.8 Å². The number of benzene rings is 3. The Kier molecular flexibility index (Phi) is 7.24. The first kappa shape index (κ1) is 22.3. The number of nitriles is 1. The van der Waals surface area contributed by atoms with Crippen molar-refractivity contribution in [2.24, 2.45) is 0 Å². The van der Waals surface area contributed by atoms with Crippen molar-refractivity contribution in [3.63, 3.8) is 0 Å². The quantitative estimate of drug-likeness (QED) is 0.410. The molecular weight excluding hydrogens is 398 g/mol. The molecule has 3 aromatic carbocycles. The molecule has 0 saturated heterocycles. The predicted molar refractivity (Wildman–Crippen MR) is 128 cm³/mol. The van der Waals surface area contributed by atoms with Crippen LogP contribution < -0.4 is 0 Å². The van der Waals surface area contributed by atoms with Gasteiger partial charge < -0.3 is 0 Å². The van der Waals surface area contributed by atoms with Crippen LogP contribution in [0.2, 0.25) is 0 Å². The summed E-state index contributed by atoms with van der Waals surface area (Å²) in [6, 6.07) is 27.6. The van der Waals surface area contributed by atoms with Crippen LogP contribution in [0.5, 0.6) is 0 Å². The Hall–Kier alpha value is -3.40. The van der Waals surface area contributed by atoms with Crippen LogP contribution in [-0.4, -0.2) is 4.21 Å². The van der Waals surface area contributed by atoms with Crippen LogP contribution in [0.4, 0.5) is 0 Å². The van der Waals surface area contributed by atoms with Crippen molar-refractivity contribution in [1.82, 2.24) is 0 Å². The van der Waals surface area contributed by atoms with Gasteiger partial charge in [0.15, 0.2) is 0 Å². The van der Waals surface area contributed by atoms with E-state index in [1.54, 1.807) is 6.92 Å². The number of nitrogens with zero attached hydrogens (tertiary/aromatic N) is 1. The molecule has 0 fully saturated rings. The molecule has 31 heavy (non-hydrogen) atoms. The summed E-state index contributed by atoms with van der Waals surface area (Å²) in [6.45, 7) is 8.03. The lowest BCUT2D eigenvalue weighted by Gasteiger charge is -2.28. The molecule has 3 rings (SSSR count). The molecule has 0 amide bonds. The van der Waals surface area contributed by atoms with Gasteiger partial charge in [0.25, 0.3) is 0 Å². The molecule has 3 heteroatoms. The molecule has 0 aliphatic heterocycles. The molecule has 0 heterocycles. The number of allylic oxidation sites excluding steroid dienone is 1. The zero-order chi connectivity index (χ0) is 22.3. The SMILES string of the molecule is C=C(C[C@@](C#N)(CC#CC)c1ccccc1[S@@](=O)c1ccc(C)cc1)c1ccccc1. The minimum absolute atomic E-state index is 0.341. The Morgan fingerprint density at radius 1 is 1.00 bits per heavy atom. The first-order chi connectivity index (χ1) is 15.0. The van der Waals surface area contributed by atoms with Gasteiger partial charge in [0.2, 0.25) is 0 Å². The van der Waals surface area contributed by atoms with Crippen LogP contribution in [-0.2, 0) is 16.2 Å². The minimum atomic E-state index is -1.41. The van der Waals surface area contributed by atoms with E-state index in [0.717, 1.165) is 22.3 Å². The van der Waals surface area contributed by atoms with Crippen LogP contribution in [0.15, 0.2) is 95.2 Å². The average molecular weight is 424 g/mol. The van der Waals surface area contributed by atoms with E-state index in [4.69, 9.17) is 0 Å². The molecule has 0 N–H and O–H groups in total. The molecule has 0 unspecified atom stereocenters. The van der Waals surface area contributed by atoms with Gasteiger partial charge in [0.05, 0.1) is 22.3 Å². The van der Waals surface area contributed by atoms with Crippen LogP contribution in [0.3, 0.4) is 0 Å². The molecule has 154 valence electrons. The van der Waals surface area contributed by atoms with Crippen LogP contribution in [0, 0.1) is 30.1 Å². The minimum Gasteiger partial charge on any atom is -0.249 e. The van der Waals surface area contributed by atoms with Crippen LogP contribution >= 0.6 is 0 Å². The largest absolute Gasteiger partial charge is 0.249 e. The van der Waals surface area contributed by atoms with Gasteiger partial charge in [-0.05, 0) is 55.2 Å². The molecule has 0 aliphatic carbocycles. The summed E-state index contributed by atoms with van der Waals surface area (Å²) < 4.78 is 13.5. The third-order valence-electron chi connectivity index (χ3n) is 5.32. The first-order valence-corrected chi connectivity index (χ1v) is 11.3. The maximum absolute atomic E-state index is 13.5. The van der Waals surface area contributed by atoms with E-state index < -0.39 is 16.2 Å². The lowest BCUT2D eigenvalue weighted by molar-refractivity contribution is 0.568. The maximum atomic E-state index is 13.5. The van der Waals surface area contributed by atoms with Gasteiger partial charge in [-0.1, -0.05) is 72.8 Å². The lowest BCUT2D eigenvalue weighted by atomic mass is 9.73. The van der Waals surface area contributed by atoms with Gasteiger partial charge in [-0.15, -0.1) is 11.8 Å². The van der Waals surface area contributed by atoms with Crippen molar-refractivity contribution in [2.45, 2.75) is 41.9 Å². The first-order valence-electron chi connectivity index (χ1n) is 10.1. The van der Waals surface area contributed by atoms with Gasteiger partial charge in [-0.3, -0.25) is 0 Å². The van der Waals surface area contributed by atoms with Gasteiger partial charge in [-0.2, -0.15) is 5.26 Å². The normalized spacial score (nSPS) is 13.2. The highest BCUT2D eigenvalue weighted by atomic mass is 32.2. The summed E-state index contributed by atoms with van der Waals surface area (Å²) in [5, 5.41) is 10.4. The predicted octanol–water partition coefficient (Wildman–Crippen LogP) is 6.44. The molecule has 2 atom stereocenters. The lowest BCUT2D eigenvalue weighted by Crippen LogP contribution is -2.26. The Morgan fingerprint density at radius 3 is 2.29 bits per heavy atom. The maximum Gasteiger partial charge on any atom is 0.0982 e. The zero-order valence-electron chi connectivity index (χ0n) is 17.9. The number of aryl methyl sites for hydroxylation is 1. The second kappa shape index (κ2) is 10.1. The van der Waals surface area contributed by atoms with E-state index >= 15 is 0 Å². The number of hydrogen-bond acceptors (Lipinski definition) is 2. The van der Waals surface area contributed by atoms with Gasteiger partial charge in [-0.25, -0.2) is 4.21 Å². The van der Waals surface area contributed by atoms with E-state index in [-0.39, 0.29) is 0 Å². The molecule has 0 aliphatic rings. The molecule has 3 aromatic rings. The molecule has 0 saturated carbocycles. The topological polar surface area (TPSA) is 40.9 Å². The molecule has 0 bridgehead atoms. The van der Waals surface area contributed by atoms with Crippen molar-refractivity contribution >= 4 is 16.4 Å². The summed E-state index contributed by atoms with van der Waals surface area (Å²) in [7, 11) is -1.41.